The van der Waals surface area contributed by atoms with E-state index in [1.165, 1.54) is 11.3 Å². The zero-order chi connectivity index (χ0) is 13.8. The van der Waals surface area contributed by atoms with Crippen LogP contribution in [0.5, 0.6) is 0 Å². The molecular formula is C12H17N3O3S. The van der Waals surface area contributed by atoms with Crippen LogP contribution in [0.25, 0.3) is 6.08 Å². The van der Waals surface area contributed by atoms with Crippen LogP contribution in [-0.2, 0) is 4.74 Å². The molecule has 0 bridgehead atoms. The Hall–Kier alpha value is -1.47. The van der Waals surface area contributed by atoms with Crippen LogP contribution in [0.2, 0.25) is 0 Å². The summed E-state index contributed by atoms with van der Waals surface area (Å²) in [4.78, 5) is 18.1. The fraction of sp³-hybridized carbons (Fsp3) is 0.583. The van der Waals surface area contributed by atoms with Crippen LogP contribution in [0.3, 0.4) is 0 Å². The Balaban J connectivity index is 2.23. The number of hydrogen-bond acceptors (Lipinski definition) is 6. The van der Waals surface area contributed by atoms with E-state index in [1.54, 1.807) is 13.0 Å². The van der Waals surface area contributed by atoms with Gasteiger partial charge in [0.05, 0.1) is 28.7 Å². The quantitative estimate of drug-likeness (QED) is 0.626. The first-order valence-corrected chi connectivity index (χ1v) is 7.08. The number of anilines is 1. The third-order valence-corrected chi connectivity index (χ3v) is 4.16. The van der Waals surface area contributed by atoms with Crippen LogP contribution >= 0.6 is 11.3 Å². The number of thiazole rings is 1. The molecule has 1 saturated heterocycles. The number of nitrogens with zero attached hydrogens (tertiary/aromatic N) is 3. The van der Waals surface area contributed by atoms with Gasteiger partial charge in [-0.05, 0) is 6.92 Å². The normalized spacial score (nSPS) is 16.7. The average molecular weight is 283 g/mol. The first kappa shape index (κ1) is 14.0. The highest BCUT2D eigenvalue weighted by Crippen LogP contribution is 2.28. The molecule has 1 aromatic rings. The van der Waals surface area contributed by atoms with Gasteiger partial charge in [-0.25, -0.2) is 4.98 Å². The predicted octanol–water partition coefficient (Wildman–Crippen LogP) is 2.32. The molecule has 7 heteroatoms. The van der Waals surface area contributed by atoms with Crippen LogP contribution in [0.15, 0.2) is 5.70 Å². The van der Waals surface area contributed by atoms with E-state index in [-0.39, 0.29) is 10.6 Å². The molecule has 1 aromatic heterocycles. The van der Waals surface area contributed by atoms with Gasteiger partial charge in [-0.1, -0.05) is 18.3 Å². The molecule has 6 nitrogen and oxygen atoms in total. The van der Waals surface area contributed by atoms with Gasteiger partial charge in [0.15, 0.2) is 5.13 Å². The van der Waals surface area contributed by atoms with Crippen molar-refractivity contribution < 1.29 is 9.66 Å². The molecule has 0 unspecified atom stereocenters. The molecule has 0 radical (unpaired) electrons. The van der Waals surface area contributed by atoms with Crippen molar-refractivity contribution in [3.63, 3.8) is 0 Å². The minimum atomic E-state index is -0.326. The van der Waals surface area contributed by atoms with Crippen molar-refractivity contribution in [3.05, 3.63) is 26.4 Å². The summed E-state index contributed by atoms with van der Waals surface area (Å²) in [6.07, 6.45) is 2.05. The summed E-state index contributed by atoms with van der Waals surface area (Å²) < 4.78 is 5.31. The summed E-state index contributed by atoms with van der Waals surface area (Å²) >= 11 is 1.51. The van der Waals surface area contributed by atoms with Gasteiger partial charge in [0.2, 0.25) is 5.70 Å². The van der Waals surface area contributed by atoms with Crippen molar-refractivity contribution in [2.24, 2.45) is 0 Å². The molecule has 0 atom stereocenters. The largest absolute Gasteiger partial charge is 0.378 e. The summed E-state index contributed by atoms with van der Waals surface area (Å²) in [6.45, 7) is 6.74. The highest BCUT2D eigenvalue weighted by atomic mass is 32.1. The lowest BCUT2D eigenvalue weighted by Crippen LogP contribution is -2.36. The van der Waals surface area contributed by atoms with Gasteiger partial charge in [-0.3, -0.25) is 10.1 Å². The first-order valence-electron chi connectivity index (χ1n) is 6.27. The van der Waals surface area contributed by atoms with E-state index >= 15 is 0 Å². The molecule has 2 heterocycles. The SMILES string of the molecule is CCC(=Cc1sc(N2CCOCC2)nc1C)[N+](=O)[O-]. The lowest BCUT2D eigenvalue weighted by Gasteiger charge is -2.25. The van der Waals surface area contributed by atoms with E-state index in [2.05, 4.69) is 9.88 Å². The van der Waals surface area contributed by atoms with Gasteiger partial charge in [-0.2, -0.15) is 0 Å². The molecule has 0 spiro atoms. The Kier molecular flexibility index (Phi) is 4.49. The van der Waals surface area contributed by atoms with Crippen LogP contribution in [0, 0.1) is 17.0 Å². The zero-order valence-corrected chi connectivity index (χ0v) is 11.9. The molecule has 1 fully saturated rings. The Morgan fingerprint density at radius 1 is 1.58 bits per heavy atom. The zero-order valence-electron chi connectivity index (χ0n) is 11.1. The van der Waals surface area contributed by atoms with E-state index < -0.39 is 0 Å². The Labute approximate surface area is 115 Å². The minimum Gasteiger partial charge on any atom is -0.378 e. The van der Waals surface area contributed by atoms with Gasteiger partial charge >= 0.3 is 0 Å². The lowest BCUT2D eigenvalue weighted by molar-refractivity contribution is -0.425. The average Bonchev–Trinajstić information content (AvgIpc) is 2.78. The topological polar surface area (TPSA) is 68.5 Å². The van der Waals surface area contributed by atoms with Gasteiger partial charge < -0.3 is 9.64 Å². The standard InChI is InChI=1S/C12H17N3O3S/c1-3-10(15(16)17)8-11-9(2)13-12(19-11)14-4-6-18-7-5-14/h8H,3-7H2,1-2H3. The van der Waals surface area contributed by atoms with E-state index in [0.29, 0.717) is 19.6 Å². The van der Waals surface area contributed by atoms with Crippen molar-refractivity contribution >= 4 is 22.5 Å². The smallest absolute Gasteiger partial charge is 0.247 e. The molecule has 0 saturated carbocycles. The summed E-state index contributed by atoms with van der Waals surface area (Å²) in [5, 5.41) is 11.8. The van der Waals surface area contributed by atoms with Crippen molar-refractivity contribution in [1.82, 2.24) is 4.98 Å². The van der Waals surface area contributed by atoms with Crippen molar-refractivity contribution in [1.29, 1.82) is 0 Å². The number of rotatable bonds is 4. The molecule has 19 heavy (non-hydrogen) atoms. The van der Waals surface area contributed by atoms with Crippen LogP contribution in [0.1, 0.15) is 23.9 Å². The van der Waals surface area contributed by atoms with Crippen LogP contribution in [0.4, 0.5) is 5.13 Å². The Morgan fingerprint density at radius 2 is 2.26 bits per heavy atom. The predicted molar refractivity (Wildman–Crippen MR) is 75.1 cm³/mol. The summed E-state index contributed by atoms with van der Waals surface area (Å²) in [7, 11) is 0. The third-order valence-electron chi connectivity index (χ3n) is 3.00. The van der Waals surface area contributed by atoms with Crippen LogP contribution in [-0.4, -0.2) is 36.2 Å². The second kappa shape index (κ2) is 6.12. The number of allylic oxidation sites excluding steroid dienone is 1. The molecule has 1 aliphatic rings. The van der Waals surface area contributed by atoms with Crippen LogP contribution < -0.4 is 4.90 Å². The second-order valence-corrected chi connectivity index (χ2v) is 5.30. The molecule has 2 rings (SSSR count). The summed E-state index contributed by atoms with van der Waals surface area (Å²) in [5.41, 5.74) is 1.07. The number of hydrogen-bond donors (Lipinski definition) is 0. The maximum atomic E-state index is 10.8. The van der Waals surface area contributed by atoms with Gasteiger partial charge in [-0.15, -0.1) is 0 Å². The Bertz CT molecular complexity index is 492. The lowest BCUT2D eigenvalue weighted by atomic mass is 10.3. The number of ether oxygens (including phenoxy) is 1. The maximum Gasteiger partial charge on any atom is 0.247 e. The number of nitro groups is 1. The molecule has 104 valence electrons. The van der Waals surface area contributed by atoms with Crippen molar-refractivity contribution in [3.8, 4) is 0 Å². The highest BCUT2D eigenvalue weighted by molar-refractivity contribution is 7.16. The number of morpholine rings is 1. The Morgan fingerprint density at radius 3 is 2.84 bits per heavy atom. The fourth-order valence-corrected chi connectivity index (χ4v) is 2.93. The summed E-state index contributed by atoms with van der Waals surface area (Å²) in [5.74, 6) is 0. The fourth-order valence-electron chi connectivity index (χ4n) is 1.85. The monoisotopic (exact) mass is 283 g/mol. The van der Waals surface area contributed by atoms with E-state index in [9.17, 15) is 10.1 Å². The van der Waals surface area contributed by atoms with Gasteiger partial charge in [0, 0.05) is 25.6 Å². The summed E-state index contributed by atoms with van der Waals surface area (Å²) in [6, 6.07) is 0. The first-order chi connectivity index (χ1) is 9.11. The van der Waals surface area contributed by atoms with Gasteiger partial charge in [0.25, 0.3) is 0 Å². The number of aromatic nitrogens is 1. The van der Waals surface area contributed by atoms with Crippen molar-refractivity contribution in [2.45, 2.75) is 20.3 Å². The maximum absolute atomic E-state index is 10.8. The van der Waals surface area contributed by atoms with Gasteiger partial charge in [0.1, 0.15) is 0 Å². The molecule has 1 aliphatic heterocycles. The molecule has 0 aromatic carbocycles. The highest BCUT2D eigenvalue weighted by Gasteiger charge is 2.17. The second-order valence-electron chi connectivity index (χ2n) is 4.29. The molecule has 0 amide bonds. The third kappa shape index (κ3) is 3.30. The molecule has 0 aliphatic carbocycles. The van der Waals surface area contributed by atoms with Crippen molar-refractivity contribution in [2.75, 3.05) is 31.2 Å². The number of aryl methyl sites for hydroxylation is 1. The molecule has 0 N–H and O–H groups in total. The minimum absolute atomic E-state index is 0.222. The van der Waals surface area contributed by atoms with E-state index in [0.717, 1.165) is 28.8 Å². The van der Waals surface area contributed by atoms with E-state index in [1.807, 2.05) is 6.92 Å². The van der Waals surface area contributed by atoms with E-state index in [4.69, 9.17) is 4.74 Å². The molecular weight excluding hydrogens is 266 g/mol.